The number of likely N-dealkylation sites (tertiary alicyclic amines) is 1. The van der Waals surface area contributed by atoms with Crippen molar-refractivity contribution < 1.29 is 28.9 Å². The van der Waals surface area contributed by atoms with Crippen LogP contribution in [0.15, 0.2) is 48.5 Å². The standard InChI is InChI=1S/C23H26N2O6/c26-17(14-29-18-9-10-19-20(12-18)31-15-30-19)13-24-23(28)22(16-6-2-1-3-7-16)25-11-5-4-8-21(25)27/h1-3,6-7,9-10,12,17,22,26H,4-5,8,11,13-15H2,(H,24,28). The summed E-state index contributed by atoms with van der Waals surface area (Å²) in [6.45, 7) is 0.727. The van der Waals surface area contributed by atoms with Crippen LogP contribution in [0.5, 0.6) is 17.2 Å². The molecule has 1 fully saturated rings. The van der Waals surface area contributed by atoms with Crippen LogP contribution in [-0.2, 0) is 9.59 Å². The summed E-state index contributed by atoms with van der Waals surface area (Å²) in [7, 11) is 0. The molecule has 8 heteroatoms. The largest absolute Gasteiger partial charge is 0.491 e. The highest BCUT2D eigenvalue weighted by atomic mass is 16.7. The summed E-state index contributed by atoms with van der Waals surface area (Å²) in [6, 6.07) is 13.7. The lowest BCUT2D eigenvalue weighted by Gasteiger charge is -2.34. The predicted molar refractivity (Wildman–Crippen MR) is 112 cm³/mol. The highest BCUT2D eigenvalue weighted by molar-refractivity contribution is 5.89. The number of nitrogens with zero attached hydrogens (tertiary/aromatic N) is 1. The van der Waals surface area contributed by atoms with E-state index in [0.29, 0.717) is 30.2 Å². The Bertz CT molecular complexity index is 920. The third-order valence-electron chi connectivity index (χ3n) is 5.33. The van der Waals surface area contributed by atoms with Gasteiger partial charge in [0.25, 0.3) is 0 Å². The molecule has 0 bridgehead atoms. The van der Waals surface area contributed by atoms with Gasteiger partial charge in [-0.05, 0) is 30.5 Å². The van der Waals surface area contributed by atoms with Gasteiger partial charge in [0.15, 0.2) is 11.5 Å². The normalized spacial score (nSPS) is 17.2. The van der Waals surface area contributed by atoms with E-state index in [0.717, 1.165) is 18.4 Å². The molecule has 4 rings (SSSR count). The summed E-state index contributed by atoms with van der Waals surface area (Å²) in [6.07, 6.45) is 1.24. The Balaban J connectivity index is 1.34. The van der Waals surface area contributed by atoms with E-state index >= 15 is 0 Å². The lowest BCUT2D eigenvalue weighted by Crippen LogP contribution is -2.47. The molecule has 2 aromatic rings. The molecular weight excluding hydrogens is 400 g/mol. The molecule has 2 aromatic carbocycles. The van der Waals surface area contributed by atoms with Gasteiger partial charge < -0.3 is 29.5 Å². The Morgan fingerprint density at radius 3 is 2.74 bits per heavy atom. The quantitative estimate of drug-likeness (QED) is 0.670. The van der Waals surface area contributed by atoms with E-state index in [1.165, 1.54) is 0 Å². The molecule has 8 nitrogen and oxygen atoms in total. The Kier molecular flexibility index (Phi) is 6.57. The number of amides is 2. The van der Waals surface area contributed by atoms with E-state index in [9.17, 15) is 14.7 Å². The number of ether oxygens (including phenoxy) is 3. The van der Waals surface area contributed by atoms with Crippen molar-refractivity contribution in [3.05, 3.63) is 54.1 Å². The fourth-order valence-electron chi connectivity index (χ4n) is 3.74. The van der Waals surface area contributed by atoms with Crippen molar-refractivity contribution in [1.82, 2.24) is 10.2 Å². The minimum absolute atomic E-state index is 0.00142. The van der Waals surface area contributed by atoms with Crippen LogP contribution in [0.3, 0.4) is 0 Å². The summed E-state index contributed by atoms with van der Waals surface area (Å²) in [5, 5.41) is 13.1. The Morgan fingerprint density at radius 2 is 1.94 bits per heavy atom. The second-order valence-electron chi connectivity index (χ2n) is 7.58. The topological polar surface area (TPSA) is 97.3 Å². The van der Waals surface area contributed by atoms with E-state index in [2.05, 4.69) is 5.32 Å². The molecule has 2 atom stereocenters. The molecule has 0 aromatic heterocycles. The summed E-state index contributed by atoms with van der Waals surface area (Å²) in [4.78, 5) is 27.1. The maximum Gasteiger partial charge on any atom is 0.247 e. The summed E-state index contributed by atoms with van der Waals surface area (Å²) in [5.41, 5.74) is 0.751. The average Bonchev–Trinajstić information content (AvgIpc) is 3.26. The molecule has 2 N–H and O–H groups in total. The summed E-state index contributed by atoms with van der Waals surface area (Å²) >= 11 is 0. The Hall–Kier alpha value is -3.26. The van der Waals surface area contributed by atoms with Gasteiger partial charge in [-0.1, -0.05) is 30.3 Å². The molecule has 0 spiro atoms. The zero-order valence-electron chi connectivity index (χ0n) is 17.2. The first-order valence-corrected chi connectivity index (χ1v) is 10.4. The smallest absolute Gasteiger partial charge is 0.247 e. The van der Waals surface area contributed by atoms with Crippen molar-refractivity contribution in [3.8, 4) is 17.2 Å². The van der Waals surface area contributed by atoms with Crippen LogP contribution in [0.2, 0.25) is 0 Å². The van der Waals surface area contributed by atoms with Gasteiger partial charge in [0.1, 0.15) is 24.5 Å². The molecule has 2 heterocycles. The number of aliphatic hydroxyl groups is 1. The van der Waals surface area contributed by atoms with E-state index in [4.69, 9.17) is 14.2 Å². The highest BCUT2D eigenvalue weighted by Gasteiger charge is 2.32. The average molecular weight is 426 g/mol. The lowest BCUT2D eigenvalue weighted by atomic mass is 10.0. The molecule has 2 aliphatic rings. The van der Waals surface area contributed by atoms with Gasteiger partial charge in [-0.3, -0.25) is 9.59 Å². The van der Waals surface area contributed by atoms with Crippen molar-refractivity contribution in [2.75, 3.05) is 26.5 Å². The van der Waals surface area contributed by atoms with Gasteiger partial charge in [-0.25, -0.2) is 0 Å². The molecule has 0 aliphatic carbocycles. The molecule has 2 unspecified atom stereocenters. The number of nitrogens with one attached hydrogen (secondary N) is 1. The van der Waals surface area contributed by atoms with Gasteiger partial charge in [0.2, 0.25) is 18.6 Å². The number of fused-ring (bicyclic) bond motifs is 1. The van der Waals surface area contributed by atoms with Crippen molar-refractivity contribution in [3.63, 3.8) is 0 Å². The molecule has 1 saturated heterocycles. The third kappa shape index (κ3) is 5.08. The minimum Gasteiger partial charge on any atom is -0.491 e. The first kappa shape index (κ1) is 21.0. The third-order valence-corrected chi connectivity index (χ3v) is 5.33. The lowest BCUT2D eigenvalue weighted by molar-refractivity contribution is -0.143. The molecule has 0 saturated carbocycles. The van der Waals surface area contributed by atoms with E-state index < -0.39 is 12.1 Å². The number of piperidine rings is 1. The molecular formula is C23H26N2O6. The van der Waals surface area contributed by atoms with Crippen LogP contribution in [0.1, 0.15) is 30.9 Å². The van der Waals surface area contributed by atoms with Gasteiger partial charge >= 0.3 is 0 Å². The Morgan fingerprint density at radius 1 is 1.13 bits per heavy atom. The fourth-order valence-corrected chi connectivity index (χ4v) is 3.74. The van der Waals surface area contributed by atoms with Crippen molar-refractivity contribution >= 4 is 11.8 Å². The number of rotatable bonds is 8. The molecule has 31 heavy (non-hydrogen) atoms. The van der Waals surface area contributed by atoms with Gasteiger partial charge in [-0.2, -0.15) is 0 Å². The van der Waals surface area contributed by atoms with Gasteiger partial charge in [0, 0.05) is 25.6 Å². The molecule has 2 amide bonds. The zero-order valence-corrected chi connectivity index (χ0v) is 17.2. The highest BCUT2D eigenvalue weighted by Crippen LogP contribution is 2.35. The van der Waals surface area contributed by atoms with E-state index in [1.54, 1.807) is 23.1 Å². The number of hydrogen-bond acceptors (Lipinski definition) is 6. The molecule has 2 aliphatic heterocycles. The number of carbonyl (C=O) groups excluding carboxylic acids is 2. The van der Waals surface area contributed by atoms with Crippen LogP contribution in [0.4, 0.5) is 0 Å². The second-order valence-corrected chi connectivity index (χ2v) is 7.58. The maximum absolute atomic E-state index is 13.0. The summed E-state index contributed by atoms with van der Waals surface area (Å²) in [5.74, 6) is 1.44. The fraction of sp³-hybridized carbons (Fsp3) is 0.391. The van der Waals surface area contributed by atoms with Crippen LogP contribution in [0.25, 0.3) is 0 Å². The first-order chi connectivity index (χ1) is 15.1. The Labute approximate surface area is 180 Å². The van der Waals surface area contributed by atoms with Crippen molar-refractivity contribution in [2.24, 2.45) is 0 Å². The van der Waals surface area contributed by atoms with Crippen LogP contribution < -0.4 is 19.5 Å². The molecule has 164 valence electrons. The van der Waals surface area contributed by atoms with E-state index in [1.807, 2.05) is 30.3 Å². The van der Waals surface area contributed by atoms with Crippen LogP contribution in [0, 0.1) is 0 Å². The van der Waals surface area contributed by atoms with E-state index in [-0.39, 0.29) is 31.8 Å². The SMILES string of the molecule is O=C(NCC(O)COc1ccc2c(c1)OCO2)C(c1ccccc1)N1CCCCC1=O. The number of carbonyl (C=O) groups is 2. The number of aliphatic hydroxyl groups excluding tert-OH is 1. The number of benzene rings is 2. The minimum atomic E-state index is -0.914. The molecule has 0 radical (unpaired) electrons. The van der Waals surface area contributed by atoms with Crippen molar-refractivity contribution in [2.45, 2.75) is 31.4 Å². The number of hydrogen-bond donors (Lipinski definition) is 2. The maximum atomic E-state index is 13.0. The van der Waals surface area contributed by atoms with Gasteiger partial charge in [0.05, 0.1) is 0 Å². The summed E-state index contributed by atoms with van der Waals surface area (Å²) < 4.78 is 16.2. The first-order valence-electron chi connectivity index (χ1n) is 10.4. The van der Waals surface area contributed by atoms with Crippen LogP contribution >= 0.6 is 0 Å². The predicted octanol–water partition coefficient (Wildman–Crippen LogP) is 2.02. The van der Waals surface area contributed by atoms with Gasteiger partial charge in [-0.15, -0.1) is 0 Å². The second kappa shape index (κ2) is 9.70. The monoisotopic (exact) mass is 426 g/mol. The van der Waals surface area contributed by atoms with Crippen LogP contribution in [-0.4, -0.2) is 54.4 Å². The van der Waals surface area contributed by atoms with Crippen molar-refractivity contribution in [1.29, 1.82) is 0 Å². The zero-order chi connectivity index (χ0) is 21.6.